The molecule has 4 rings (SSSR count). The summed E-state index contributed by atoms with van der Waals surface area (Å²) in [5.41, 5.74) is -6.18. The molecule has 0 heterocycles. The highest BCUT2D eigenvalue weighted by Crippen LogP contribution is 2.70. The van der Waals surface area contributed by atoms with Crippen LogP contribution in [-0.4, -0.2) is 44.4 Å². The molecule has 4 aliphatic carbocycles. The fourth-order valence-corrected chi connectivity index (χ4v) is 7.12. The van der Waals surface area contributed by atoms with Crippen molar-refractivity contribution in [1.82, 2.24) is 0 Å². The van der Waals surface area contributed by atoms with Crippen LogP contribution >= 0.6 is 0 Å². The van der Waals surface area contributed by atoms with Crippen molar-refractivity contribution in [2.24, 2.45) is 28.6 Å². The van der Waals surface area contributed by atoms with Crippen molar-refractivity contribution in [1.29, 1.82) is 0 Å². The van der Waals surface area contributed by atoms with Gasteiger partial charge in [-0.3, -0.25) is 9.59 Å². The predicted octanol–water partition coefficient (Wildman–Crippen LogP) is 2.07. The van der Waals surface area contributed by atoms with Gasteiger partial charge in [-0.25, -0.2) is 9.23 Å². The molecule has 3 fully saturated rings. The lowest BCUT2D eigenvalue weighted by molar-refractivity contribution is -0.731. The van der Waals surface area contributed by atoms with Gasteiger partial charge in [0.1, 0.15) is 0 Å². The summed E-state index contributed by atoms with van der Waals surface area (Å²) < 4.78 is 16.9. The van der Waals surface area contributed by atoms with Crippen molar-refractivity contribution in [3.05, 3.63) is 33.9 Å². The minimum Gasteiger partial charge on any atom is -0.390 e. The number of hydrogen-bond acceptors (Lipinski definition) is 7. The number of carbonyl (C=O) groups is 2. The molecule has 0 aromatic heterocycles. The Balaban J connectivity index is 1.80. The molecular weight excluding hydrogens is 397 g/mol. The molecule has 0 aliphatic heterocycles. The molecule has 30 heavy (non-hydrogen) atoms. The molecule has 4 aliphatic rings. The second-order valence-corrected chi connectivity index (χ2v) is 9.77. The summed E-state index contributed by atoms with van der Waals surface area (Å²) in [5, 5.41) is 32.0. The zero-order valence-corrected chi connectivity index (χ0v) is 17.1. The van der Waals surface area contributed by atoms with Crippen LogP contribution in [0.1, 0.15) is 46.5 Å². The SMILES string of the molecule is CC1CC2C3CCC4=CC(=O)C=C[C@]4(C)[C@@]3(F)C(O)C[C@]2(C)[C@@]1(O)C(=O)O[N+](=O)[O-]. The maximum atomic E-state index is 16.9. The summed E-state index contributed by atoms with van der Waals surface area (Å²) in [5.74, 6) is -3.52. The van der Waals surface area contributed by atoms with Crippen molar-refractivity contribution in [3.63, 3.8) is 0 Å². The van der Waals surface area contributed by atoms with E-state index in [0.29, 0.717) is 18.4 Å². The zero-order chi connectivity index (χ0) is 22.3. The summed E-state index contributed by atoms with van der Waals surface area (Å²) in [6.07, 6.45) is 3.52. The fourth-order valence-electron chi connectivity index (χ4n) is 7.12. The van der Waals surface area contributed by atoms with E-state index in [-0.39, 0.29) is 18.6 Å². The highest BCUT2D eigenvalue weighted by Gasteiger charge is 2.76. The van der Waals surface area contributed by atoms with Crippen LogP contribution in [-0.2, 0) is 14.4 Å². The van der Waals surface area contributed by atoms with Gasteiger partial charge >= 0.3 is 11.1 Å². The van der Waals surface area contributed by atoms with Gasteiger partial charge < -0.3 is 10.2 Å². The van der Waals surface area contributed by atoms with E-state index in [4.69, 9.17) is 0 Å². The molecule has 0 aromatic rings. The average molecular weight is 423 g/mol. The van der Waals surface area contributed by atoms with E-state index in [2.05, 4.69) is 4.84 Å². The molecule has 3 saturated carbocycles. The van der Waals surface area contributed by atoms with Crippen LogP contribution in [0.2, 0.25) is 0 Å². The van der Waals surface area contributed by atoms with Gasteiger partial charge in [-0.15, -0.1) is 10.1 Å². The molecule has 0 spiro atoms. The van der Waals surface area contributed by atoms with E-state index >= 15 is 4.39 Å². The van der Waals surface area contributed by atoms with Gasteiger partial charge in [0, 0.05) is 16.7 Å². The number of halogens is 1. The Bertz CT molecular complexity index is 902. The van der Waals surface area contributed by atoms with Gasteiger partial charge in [0.25, 0.3) is 0 Å². The van der Waals surface area contributed by atoms with Crippen LogP contribution in [0.5, 0.6) is 0 Å². The monoisotopic (exact) mass is 423 g/mol. The molecule has 0 bridgehead atoms. The first-order chi connectivity index (χ1) is 13.8. The predicted molar refractivity (Wildman–Crippen MR) is 101 cm³/mol. The largest absolute Gasteiger partial charge is 0.390 e. The first-order valence-electron chi connectivity index (χ1n) is 10.2. The number of fused-ring (bicyclic) bond motifs is 5. The second kappa shape index (κ2) is 6.20. The Morgan fingerprint density at radius 3 is 2.67 bits per heavy atom. The number of ketones is 1. The maximum Gasteiger partial charge on any atom is 0.335 e. The Kier molecular flexibility index (Phi) is 4.36. The first-order valence-corrected chi connectivity index (χ1v) is 10.2. The summed E-state index contributed by atoms with van der Waals surface area (Å²) in [6, 6.07) is 0. The van der Waals surface area contributed by atoms with Crippen molar-refractivity contribution in [2.45, 2.75) is 63.8 Å². The number of aliphatic hydroxyl groups is 2. The molecule has 8 atom stereocenters. The standard InChI is InChI=1S/C21H26FNO7/c1-11-8-15-14-5-4-12-9-13(24)6-7-18(12,2)20(14,22)16(25)10-19(15,3)21(11,27)17(26)30-23(28)29/h6-7,9,11,14-16,25,27H,4-5,8,10H2,1-3H3/t11?,14?,15?,16?,18-,19-,20-,21-/m0/s1. The third kappa shape index (κ3) is 2.27. The average Bonchev–Trinajstić information content (AvgIpc) is 2.85. The second-order valence-electron chi connectivity index (χ2n) is 9.77. The molecule has 8 nitrogen and oxygen atoms in total. The normalized spacial score (nSPS) is 49.5. The van der Waals surface area contributed by atoms with E-state index in [1.165, 1.54) is 18.2 Å². The van der Waals surface area contributed by atoms with E-state index in [1.54, 1.807) is 20.8 Å². The molecule has 9 heteroatoms. The number of alkyl halides is 1. The van der Waals surface area contributed by atoms with Crippen molar-refractivity contribution >= 4 is 11.8 Å². The van der Waals surface area contributed by atoms with Crippen LogP contribution in [0, 0.1) is 38.7 Å². The third-order valence-electron chi connectivity index (χ3n) is 8.69. The smallest absolute Gasteiger partial charge is 0.335 e. The van der Waals surface area contributed by atoms with Gasteiger partial charge in [-0.1, -0.05) is 25.5 Å². The Morgan fingerprint density at radius 2 is 2.03 bits per heavy atom. The quantitative estimate of drug-likeness (QED) is 0.514. The van der Waals surface area contributed by atoms with E-state index in [1.807, 2.05) is 0 Å². The Labute approximate surface area is 172 Å². The van der Waals surface area contributed by atoms with E-state index in [0.717, 1.165) is 0 Å². The van der Waals surface area contributed by atoms with Gasteiger partial charge in [0.05, 0.1) is 6.10 Å². The Hall–Kier alpha value is -2.13. The summed E-state index contributed by atoms with van der Waals surface area (Å²) in [4.78, 5) is 39.3. The summed E-state index contributed by atoms with van der Waals surface area (Å²) in [7, 11) is 0. The summed E-state index contributed by atoms with van der Waals surface area (Å²) in [6.45, 7) is 4.84. The number of rotatable bonds is 2. The molecule has 2 N–H and O–H groups in total. The number of nitrogens with zero attached hydrogens (tertiary/aromatic N) is 1. The lowest BCUT2D eigenvalue weighted by atomic mass is 9.45. The van der Waals surface area contributed by atoms with Crippen LogP contribution in [0.15, 0.2) is 23.8 Å². The van der Waals surface area contributed by atoms with Gasteiger partial charge in [-0.2, -0.15) is 0 Å². The molecule has 0 aromatic carbocycles. The van der Waals surface area contributed by atoms with Crippen molar-refractivity contribution < 1.29 is 34.1 Å². The van der Waals surface area contributed by atoms with E-state index in [9.17, 15) is 29.9 Å². The lowest BCUT2D eigenvalue weighted by Crippen LogP contribution is -2.69. The fraction of sp³-hybridized carbons (Fsp3) is 0.714. The highest BCUT2D eigenvalue weighted by atomic mass is 19.1. The van der Waals surface area contributed by atoms with Crippen LogP contribution in [0.25, 0.3) is 0 Å². The van der Waals surface area contributed by atoms with Crippen molar-refractivity contribution in [2.75, 3.05) is 0 Å². The van der Waals surface area contributed by atoms with Crippen LogP contribution in [0.4, 0.5) is 4.39 Å². The number of hydrogen-bond donors (Lipinski definition) is 2. The third-order valence-corrected chi connectivity index (χ3v) is 8.69. The number of allylic oxidation sites excluding steroid dienone is 4. The van der Waals surface area contributed by atoms with Gasteiger partial charge in [0.15, 0.2) is 17.1 Å². The van der Waals surface area contributed by atoms with Crippen molar-refractivity contribution in [3.8, 4) is 0 Å². The molecule has 164 valence electrons. The lowest BCUT2D eigenvalue weighted by Gasteiger charge is -2.62. The first kappa shape index (κ1) is 21.1. The topological polar surface area (TPSA) is 127 Å². The minimum absolute atomic E-state index is 0.217. The van der Waals surface area contributed by atoms with Crippen LogP contribution in [0.3, 0.4) is 0 Å². The molecule has 4 unspecified atom stereocenters. The Morgan fingerprint density at radius 1 is 1.37 bits per heavy atom. The van der Waals surface area contributed by atoms with Gasteiger partial charge in [0.2, 0.25) is 0 Å². The molecular formula is C21H26FNO7. The van der Waals surface area contributed by atoms with Crippen LogP contribution < -0.4 is 0 Å². The molecule has 0 saturated heterocycles. The maximum absolute atomic E-state index is 16.9. The number of carbonyl (C=O) groups excluding carboxylic acids is 2. The number of aliphatic hydroxyl groups excluding tert-OH is 1. The minimum atomic E-state index is -2.22. The summed E-state index contributed by atoms with van der Waals surface area (Å²) >= 11 is 0. The van der Waals surface area contributed by atoms with E-state index < -0.39 is 57.0 Å². The molecule has 0 amide bonds. The van der Waals surface area contributed by atoms with Gasteiger partial charge in [-0.05, 0) is 56.6 Å². The molecule has 0 radical (unpaired) electrons. The highest BCUT2D eigenvalue weighted by molar-refractivity contribution is 6.01. The zero-order valence-electron chi connectivity index (χ0n) is 17.1.